The molecule has 0 aliphatic carbocycles. The van der Waals surface area contributed by atoms with E-state index in [1.54, 1.807) is 6.07 Å². The molecule has 0 unspecified atom stereocenters. The minimum Gasteiger partial charge on any atom is -0.463 e. The van der Waals surface area contributed by atoms with Crippen LogP contribution in [-0.2, 0) is 49.3 Å². The van der Waals surface area contributed by atoms with Crippen LogP contribution in [-0.4, -0.2) is 61.2 Å². The summed E-state index contributed by atoms with van der Waals surface area (Å²) in [6.07, 6.45) is 11.1. The molecular formula is C35H55NO10. The Kier molecular flexibility index (Phi) is 18.1. The molecule has 0 spiro atoms. The highest BCUT2D eigenvalue weighted by Crippen LogP contribution is 2.33. The van der Waals surface area contributed by atoms with Gasteiger partial charge >= 0.3 is 23.9 Å². The Morgan fingerprint density at radius 3 is 1.70 bits per heavy atom. The first-order valence-electron chi connectivity index (χ1n) is 16.9. The standard InChI is InChI=1S/C35H55NO10/c1-6-7-8-9-10-11-12-13-14-15-16-17-18-19-28-20-21-29(36)30(22-28)45-35-34(44-27(5)40)33(43-26(4)39)32(42-25(3)38)31(46-35)23-41-24(2)37/h20-22,31-35H,6-19,23,36H2,1-5H3/t31-,32-,33+,34-,35-/m1/s1. The molecule has 2 rings (SSSR count). The monoisotopic (exact) mass is 649 g/mol. The Morgan fingerprint density at radius 2 is 1.17 bits per heavy atom. The Labute approximate surface area is 274 Å². The van der Waals surface area contributed by atoms with Gasteiger partial charge in [0.15, 0.2) is 12.2 Å². The summed E-state index contributed by atoms with van der Waals surface area (Å²) in [6, 6.07) is 5.48. The van der Waals surface area contributed by atoms with Gasteiger partial charge in [0.1, 0.15) is 18.5 Å². The molecule has 1 aromatic rings. The number of carbonyl (C=O) groups excluding carboxylic acids is 4. The number of carbonyl (C=O) groups is 4. The number of esters is 4. The minimum absolute atomic E-state index is 0.285. The number of benzene rings is 1. The molecule has 1 aliphatic heterocycles. The number of rotatable bonds is 21. The summed E-state index contributed by atoms with van der Waals surface area (Å²) in [7, 11) is 0. The molecule has 0 amide bonds. The van der Waals surface area contributed by atoms with E-state index in [1.165, 1.54) is 98.3 Å². The minimum atomic E-state index is -1.34. The van der Waals surface area contributed by atoms with Gasteiger partial charge in [-0.3, -0.25) is 19.2 Å². The van der Waals surface area contributed by atoms with Gasteiger partial charge in [-0.1, -0.05) is 90.0 Å². The summed E-state index contributed by atoms with van der Waals surface area (Å²) >= 11 is 0. The Bertz CT molecular complexity index is 1090. The number of hydrogen-bond donors (Lipinski definition) is 1. The van der Waals surface area contributed by atoms with E-state index in [-0.39, 0.29) is 12.4 Å². The Morgan fingerprint density at radius 1 is 0.674 bits per heavy atom. The number of nitrogens with two attached hydrogens (primary N) is 1. The van der Waals surface area contributed by atoms with Crippen molar-refractivity contribution in [3.8, 4) is 5.75 Å². The third kappa shape index (κ3) is 14.8. The highest BCUT2D eigenvalue weighted by atomic mass is 16.7. The summed E-state index contributed by atoms with van der Waals surface area (Å²) < 4.78 is 33.7. The van der Waals surface area contributed by atoms with Gasteiger partial charge in [0.25, 0.3) is 0 Å². The third-order valence-corrected chi connectivity index (χ3v) is 7.84. The molecule has 11 nitrogen and oxygen atoms in total. The van der Waals surface area contributed by atoms with E-state index < -0.39 is 54.6 Å². The van der Waals surface area contributed by atoms with Crippen molar-refractivity contribution in [2.75, 3.05) is 12.3 Å². The van der Waals surface area contributed by atoms with Gasteiger partial charge in [0, 0.05) is 27.7 Å². The fraction of sp³-hybridized carbons (Fsp3) is 0.714. The molecule has 260 valence electrons. The van der Waals surface area contributed by atoms with Crippen molar-refractivity contribution in [1.29, 1.82) is 0 Å². The van der Waals surface area contributed by atoms with E-state index in [2.05, 4.69) is 6.92 Å². The molecular weight excluding hydrogens is 594 g/mol. The van der Waals surface area contributed by atoms with Crippen molar-refractivity contribution >= 4 is 29.6 Å². The first-order valence-corrected chi connectivity index (χ1v) is 16.9. The lowest BCUT2D eigenvalue weighted by Gasteiger charge is -2.44. The molecule has 5 atom stereocenters. The highest BCUT2D eigenvalue weighted by Gasteiger charge is 2.53. The average Bonchev–Trinajstić information content (AvgIpc) is 2.98. The second kappa shape index (κ2) is 21.5. The molecule has 46 heavy (non-hydrogen) atoms. The van der Waals surface area contributed by atoms with Crippen LogP contribution in [0.3, 0.4) is 0 Å². The maximum absolute atomic E-state index is 12.1. The first kappa shape index (κ1) is 38.8. The van der Waals surface area contributed by atoms with Gasteiger partial charge in [-0.25, -0.2) is 0 Å². The number of nitrogen functional groups attached to an aromatic ring is 1. The topological polar surface area (TPSA) is 150 Å². The first-order chi connectivity index (χ1) is 22.0. The van der Waals surface area contributed by atoms with Gasteiger partial charge in [-0.2, -0.15) is 0 Å². The zero-order chi connectivity index (χ0) is 33.9. The van der Waals surface area contributed by atoms with E-state index in [0.29, 0.717) is 5.69 Å². The molecule has 1 fully saturated rings. The molecule has 0 bridgehead atoms. The summed E-state index contributed by atoms with van der Waals surface area (Å²) in [5, 5.41) is 0. The van der Waals surface area contributed by atoms with Crippen LogP contribution in [0.2, 0.25) is 0 Å². The Hall–Kier alpha value is -3.34. The van der Waals surface area contributed by atoms with E-state index in [4.69, 9.17) is 34.2 Å². The summed E-state index contributed by atoms with van der Waals surface area (Å²) in [5.74, 6) is -2.44. The van der Waals surface area contributed by atoms with E-state index in [0.717, 1.165) is 24.8 Å². The lowest BCUT2D eigenvalue weighted by Crippen LogP contribution is -2.63. The van der Waals surface area contributed by atoms with Gasteiger partial charge in [-0.15, -0.1) is 0 Å². The summed E-state index contributed by atoms with van der Waals surface area (Å²) in [6.45, 7) is 6.64. The van der Waals surface area contributed by atoms with Crippen molar-refractivity contribution in [2.45, 2.75) is 155 Å². The summed E-state index contributed by atoms with van der Waals surface area (Å²) in [5.41, 5.74) is 7.59. The molecule has 2 N–H and O–H groups in total. The fourth-order valence-electron chi connectivity index (χ4n) is 5.59. The number of anilines is 1. The van der Waals surface area contributed by atoms with Crippen molar-refractivity contribution < 1.29 is 47.6 Å². The van der Waals surface area contributed by atoms with Crippen molar-refractivity contribution in [1.82, 2.24) is 0 Å². The van der Waals surface area contributed by atoms with Crippen LogP contribution in [0.5, 0.6) is 5.75 Å². The van der Waals surface area contributed by atoms with Crippen LogP contribution in [0.25, 0.3) is 0 Å². The van der Waals surface area contributed by atoms with Gasteiger partial charge in [0.2, 0.25) is 12.4 Å². The molecule has 0 radical (unpaired) electrons. The van der Waals surface area contributed by atoms with Crippen molar-refractivity contribution in [3.63, 3.8) is 0 Å². The summed E-state index contributed by atoms with van der Waals surface area (Å²) in [4.78, 5) is 47.8. The fourth-order valence-corrected chi connectivity index (χ4v) is 5.59. The van der Waals surface area contributed by atoms with Gasteiger partial charge in [0.05, 0.1) is 5.69 Å². The molecule has 1 heterocycles. The number of aryl methyl sites for hydroxylation is 1. The zero-order valence-electron chi connectivity index (χ0n) is 28.4. The van der Waals surface area contributed by atoms with E-state index >= 15 is 0 Å². The second-order valence-corrected chi connectivity index (χ2v) is 12.1. The van der Waals surface area contributed by atoms with Crippen molar-refractivity contribution in [2.24, 2.45) is 0 Å². The smallest absolute Gasteiger partial charge is 0.303 e. The van der Waals surface area contributed by atoms with Crippen molar-refractivity contribution in [3.05, 3.63) is 23.8 Å². The van der Waals surface area contributed by atoms with Crippen LogP contribution in [0.15, 0.2) is 18.2 Å². The second-order valence-electron chi connectivity index (χ2n) is 12.1. The average molecular weight is 650 g/mol. The largest absolute Gasteiger partial charge is 0.463 e. The molecule has 1 aromatic carbocycles. The predicted octanol–water partition coefficient (Wildman–Crippen LogP) is 6.36. The van der Waals surface area contributed by atoms with Gasteiger partial charge < -0.3 is 34.2 Å². The quantitative estimate of drug-likeness (QED) is 0.0685. The van der Waals surface area contributed by atoms with E-state index in [9.17, 15) is 19.2 Å². The normalized spacial score (nSPS) is 20.8. The van der Waals surface area contributed by atoms with Crippen LogP contribution in [0.1, 0.15) is 124 Å². The molecule has 0 saturated carbocycles. The third-order valence-electron chi connectivity index (χ3n) is 7.84. The van der Waals surface area contributed by atoms with Crippen LogP contribution < -0.4 is 10.5 Å². The molecule has 1 saturated heterocycles. The lowest BCUT2D eigenvalue weighted by atomic mass is 9.98. The molecule has 0 aromatic heterocycles. The SMILES string of the molecule is CCCCCCCCCCCCCCCc1ccc(N)c(O[C@@H]2O[C@H](COC(C)=O)[C@@H](OC(C)=O)[C@H](OC(C)=O)[C@H]2OC(C)=O)c1. The lowest BCUT2D eigenvalue weighted by molar-refractivity contribution is -0.288. The number of ether oxygens (including phenoxy) is 6. The molecule has 11 heteroatoms. The zero-order valence-corrected chi connectivity index (χ0v) is 28.4. The van der Waals surface area contributed by atoms with Crippen LogP contribution in [0.4, 0.5) is 5.69 Å². The van der Waals surface area contributed by atoms with Crippen LogP contribution >= 0.6 is 0 Å². The van der Waals surface area contributed by atoms with E-state index in [1.807, 2.05) is 12.1 Å². The Balaban J connectivity index is 2.03. The maximum Gasteiger partial charge on any atom is 0.303 e. The van der Waals surface area contributed by atoms with Crippen LogP contribution in [0, 0.1) is 0 Å². The van der Waals surface area contributed by atoms with Gasteiger partial charge in [-0.05, 0) is 30.5 Å². The predicted molar refractivity (Wildman–Crippen MR) is 173 cm³/mol. The highest BCUT2D eigenvalue weighted by molar-refractivity contribution is 5.68. The maximum atomic E-state index is 12.1. The molecule has 1 aliphatic rings. The number of unbranched alkanes of at least 4 members (excludes halogenated alkanes) is 12. The number of hydrogen-bond acceptors (Lipinski definition) is 11.